The minimum atomic E-state index is -0.239. The van der Waals surface area contributed by atoms with Gasteiger partial charge in [-0.05, 0) is 73.1 Å². The number of aromatic amines is 1. The fourth-order valence-electron chi connectivity index (χ4n) is 5.97. The molecule has 0 radical (unpaired) electrons. The summed E-state index contributed by atoms with van der Waals surface area (Å²) < 4.78 is 15.8. The standard InChI is InChI=1S/C27H27FN4O/c28-23-3-1-2-18(12-23)4-9-27(33)32-24-6-8-26(32)21(14-24)17-31-11-10-20-13-19(5-7-25(20)31)22-15-29-30-16-22/h1-3,5,7,10-13,15-16,21,24,26H,4,6,8-9,14,17H2,(H,29,30). The Balaban J connectivity index is 1.15. The first kappa shape index (κ1) is 20.2. The Morgan fingerprint density at radius 2 is 2.06 bits per heavy atom. The molecule has 2 bridgehead atoms. The number of aryl methyl sites for hydroxylation is 1. The van der Waals surface area contributed by atoms with E-state index in [0.717, 1.165) is 42.5 Å². The molecule has 168 valence electrons. The van der Waals surface area contributed by atoms with Gasteiger partial charge in [-0.2, -0.15) is 5.10 Å². The van der Waals surface area contributed by atoms with Crippen LogP contribution < -0.4 is 0 Å². The van der Waals surface area contributed by atoms with Crippen LogP contribution in [0.15, 0.2) is 67.1 Å². The third kappa shape index (κ3) is 3.73. The van der Waals surface area contributed by atoms with E-state index in [1.165, 1.54) is 23.0 Å². The van der Waals surface area contributed by atoms with E-state index in [1.807, 2.05) is 18.5 Å². The van der Waals surface area contributed by atoms with Crippen LogP contribution >= 0.6 is 0 Å². The Morgan fingerprint density at radius 1 is 1.12 bits per heavy atom. The van der Waals surface area contributed by atoms with Crippen LogP contribution in [0.4, 0.5) is 4.39 Å². The van der Waals surface area contributed by atoms with Gasteiger partial charge in [0, 0.05) is 53.9 Å². The molecule has 5 nitrogen and oxygen atoms in total. The Morgan fingerprint density at radius 3 is 2.91 bits per heavy atom. The Labute approximate surface area is 192 Å². The molecule has 6 rings (SSSR count). The molecule has 4 heterocycles. The lowest BCUT2D eigenvalue weighted by Gasteiger charge is -2.25. The summed E-state index contributed by atoms with van der Waals surface area (Å²) in [5, 5.41) is 8.15. The zero-order valence-corrected chi connectivity index (χ0v) is 18.5. The molecule has 0 saturated carbocycles. The molecule has 2 aliphatic rings. The third-order valence-electron chi connectivity index (χ3n) is 7.50. The highest BCUT2D eigenvalue weighted by Crippen LogP contribution is 2.43. The average Bonchev–Trinajstić information content (AvgIpc) is 3.61. The maximum Gasteiger partial charge on any atom is 0.223 e. The second-order valence-corrected chi connectivity index (χ2v) is 9.45. The molecule has 6 heteroatoms. The van der Waals surface area contributed by atoms with Crippen molar-refractivity contribution in [1.29, 1.82) is 0 Å². The SMILES string of the molecule is O=C(CCc1cccc(F)c1)N1C2CCC1C(Cn1ccc3cc(-c4cn[nH]c4)ccc31)C2. The number of hydrogen-bond acceptors (Lipinski definition) is 2. The number of hydrogen-bond donors (Lipinski definition) is 1. The largest absolute Gasteiger partial charge is 0.347 e. The summed E-state index contributed by atoms with van der Waals surface area (Å²) in [6.07, 6.45) is 10.2. The molecule has 3 atom stereocenters. The number of fused-ring (bicyclic) bond motifs is 3. The monoisotopic (exact) mass is 442 g/mol. The van der Waals surface area contributed by atoms with Gasteiger partial charge in [-0.3, -0.25) is 9.89 Å². The highest BCUT2D eigenvalue weighted by atomic mass is 19.1. The van der Waals surface area contributed by atoms with Gasteiger partial charge >= 0.3 is 0 Å². The fourth-order valence-corrected chi connectivity index (χ4v) is 5.97. The van der Waals surface area contributed by atoms with Gasteiger partial charge in [0.1, 0.15) is 5.82 Å². The second kappa shape index (κ2) is 8.18. The number of rotatable bonds is 6. The minimum Gasteiger partial charge on any atom is -0.347 e. The van der Waals surface area contributed by atoms with Crippen molar-refractivity contribution in [3.63, 3.8) is 0 Å². The average molecular weight is 443 g/mol. The van der Waals surface area contributed by atoms with Crippen molar-refractivity contribution in [2.75, 3.05) is 0 Å². The lowest BCUT2D eigenvalue weighted by Crippen LogP contribution is -2.37. The summed E-state index contributed by atoms with van der Waals surface area (Å²) in [5.41, 5.74) is 4.36. The number of aromatic nitrogens is 3. The number of halogens is 1. The summed E-state index contributed by atoms with van der Waals surface area (Å²) in [6, 6.07) is 16.0. The summed E-state index contributed by atoms with van der Waals surface area (Å²) in [7, 11) is 0. The highest BCUT2D eigenvalue weighted by molar-refractivity contribution is 5.85. The van der Waals surface area contributed by atoms with Gasteiger partial charge in [-0.15, -0.1) is 0 Å². The van der Waals surface area contributed by atoms with E-state index in [-0.39, 0.29) is 11.7 Å². The first-order valence-corrected chi connectivity index (χ1v) is 11.8. The van der Waals surface area contributed by atoms with Crippen molar-refractivity contribution < 1.29 is 9.18 Å². The van der Waals surface area contributed by atoms with Crippen LogP contribution in [-0.4, -0.2) is 37.7 Å². The van der Waals surface area contributed by atoms with E-state index in [1.54, 1.807) is 6.07 Å². The molecule has 0 spiro atoms. The van der Waals surface area contributed by atoms with E-state index < -0.39 is 0 Å². The molecule has 3 unspecified atom stereocenters. The fraction of sp³-hybridized carbons (Fsp3) is 0.333. The van der Waals surface area contributed by atoms with Crippen molar-refractivity contribution in [1.82, 2.24) is 19.7 Å². The smallest absolute Gasteiger partial charge is 0.223 e. The van der Waals surface area contributed by atoms with Crippen LogP contribution in [0.2, 0.25) is 0 Å². The van der Waals surface area contributed by atoms with Gasteiger partial charge in [-0.1, -0.05) is 18.2 Å². The maximum absolute atomic E-state index is 13.5. The number of carbonyl (C=O) groups excluding carboxylic acids is 1. The van der Waals surface area contributed by atoms with E-state index in [9.17, 15) is 9.18 Å². The molecule has 2 aliphatic heterocycles. The topological polar surface area (TPSA) is 53.9 Å². The summed E-state index contributed by atoms with van der Waals surface area (Å²) in [5.74, 6) is 0.458. The first-order valence-electron chi connectivity index (χ1n) is 11.8. The van der Waals surface area contributed by atoms with E-state index in [0.29, 0.717) is 30.8 Å². The normalized spacial score (nSPS) is 21.8. The van der Waals surface area contributed by atoms with Crippen LogP contribution in [0.5, 0.6) is 0 Å². The Kier molecular flexibility index (Phi) is 5.01. The minimum absolute atomic E-state index is 0.219. The van der Waals surface area contributed by atoms with E-state index in [4.69, 9.17) is 0 Å². The first-order chi connectivity index (χ1) is 16.2. The molecule has 2 fully saturated rings. The third-order valence-corrected chi connectivity index (χ3v) is 7.50. The molecule has 2 saturated heterocycles. The molecule has 0 aliphatic carbocycles. The molecular weight excluding hydrogens is 415 g/mol. The van der Waals surface area contributed by atoms with Gasteiger partial charge < -0.3 is 9.47 Å². The zero-order chi connectivity index (χ0) is 22.4. The Hall–Kier alpha value is -3.41. The number of nitrogens with one attached hydrogen (secondary N) is 1. The van der Waals surface area contributed by atoms with E-state index in [2.05, 4.69) is 50.1 Å². The quantitative estimate of drug-likeness (QED) is 0.447. The summed E-state index contributed by atoms with van der Waals surface area (Å²) in [6.45, 7) is 0.934. The van der Waals surface area contributed by atoms with E-state index >= 15 is 0 Å². The van der Waals surface area contributed by atoms with Gasteiger partial charge in [-0.25, -0.2) is 4.39 Å². The number of benzene rings is 2. The predicted molar refractivity (Wildman–Crippen MR) is 126 cm³/mol. The van der Waals surface area contributed by atoms with Crippen molar-refractivity contribution in [2.24, 2.45) is 5.92 Å². The van der Waals surface area contributed by atoms with Crippen LogP contribution in [-0.2, 0) is 17.8 Å². The van der Waals surface area contributed by atoms with Crippen LogP contribution in [0, 0.1) is 11.7 Å². The van der Waals surface area contributed by atoms with Crippen LogP contribution in [0.25, 0.3) is 22.0 Å². The van der Waals surface area contributed by atoms with Crippen molar-refractivity contribution in [2.45, 2.75) is 50.7 Å². The summed E-state index contributed by atoms with van der Waals surface area (Å²) >= 11 is 0. The zero-order valence-electron chi connectivity index (χ0n) is 18.5. The van der Waals surface area contributed by atoms with Crippen molar-refractivity contribution in [3.05, 3.63) is 78.5 Å². The van der Waals surface area contributed by atoms with Gasteiger partial charge in [0.25, 0.3) is 0 Å². The molecule has 2 aromatic heterocycles. The molecule has 1 amide bonds. The van der Waals surface area contributed by atoms with Crippen LogP contribution in [0.3, 0.4) is 0 Å². The number of carbonyl (C=O) groups is 1. The van der Waals surface area contributed by atoms with Crippen molar-refractivity contribution in [3.8, 4) is 11.1 Å². The van der Waals surface area contributed by atoms with Crippen molar-refractivity contribution >= 4 is 16.8 Å². The summed E-state index contributed by atoms with van der Waals surface area (Å²) in [4.78, 5) is 15.3. The molecule has 1 N–H and O–H groups in total. The maximum atomic E-state index is 13.5. The number of amides is 1. The van der Waals surface area contributed by atoms with Gasteiger partial charge in [0.2, 0.25) is 5.91 Å². The lowest BCUT2D eigenvalue weighted by atomic mass is 9.89. The Bertz CT molecular complexity index is 1290. The number of H-pyrrole nitrogens is 1. The number of nitrogens with zero attached hydrogens (tertiary/aromatic N) is 3. The van der Waals surface area contributed by atoms with Gasteiger partial charge in [0.15, 0.2) is 0 Å². The second-order valence-electron chi connectivity index (χ2n) is 9.45. The predicted octanol–water partition coefficient (Wildman–Crippen LogP) is 5.18. The molecule has 4 aromatic rings. The molecule has 2 aromatic carbocycles. The molecule has 33 heavy (non-hydrogen) atoms. The van der Waals surface area contributed by atoms with Gasteiger partial charge in [0.05, 0.1) is 6.20 Å². The highest BCUT2D eigenvalue weighted by Gasteiger charge is 2.48. The lowest BCUT2D eigenvalue weighted by molar-refractivity contribution is -0.132. The van der Waals surface area contributed by atoms with Crippen LogP contribution in [0.1, 0.15) is 31.2 Å². The molecular formula is C27H27FN4O.